The van der Waals surface area contributed by atoms with Crippen LogP contribution in [-0.2, 0) is 16.1 Å². The van der Waals surface area contributed by atoms with Crippen molar-refractivity contribution in [1.82, 2.24) is 9.88 Å². The number of nitrogens with one attached hydrogen (secondary N) is 1. The van der Waals surface area contributed by atoms with Crippen molar-refractivity contribution in [3.63, 3.8) is 0 Å². The molecule has 1 atom stereocenters. The predicted octanol–water partition coefficient (Wildman–Crippen LogP) is 2.24. The lowest BCUT2D eigenvalue weighted by Crippen LogP contribution is -2.35. The minimum Gasteiger partial charge on any atom is -0.872 e. The standard InChI is InChI=1S/C24H23N3O4S/c1-2-14-31-18-8-6-17(7-9-18)22(28)20-21(19-5-3-15-32-19)27(24(30)23(20)29)12-4-11-26-13-10-25-16-26/h2-3,5-10,13,15-16,21H,1,4,11-12,14H2,(H,28,29). The molecule has 1 fully saturated rings. The van der Waals surface area contributed by atoms with E-state index in [0.29, 0.717) is 37.4 Å². The number of nitrogens with zero attached hydrogens (tertiary/aromatic N) is 2. The Kier molecular flexibility index (Phi) is 6.51. The Balaban J connectivity index is 1.64. The number of aromatic nitrogens is 2. The normalized spacial score (nSPS) is 17.6. The van der Waals surface area contributed by atoms with Crippen molar-refractivity contribution in [3.05, 3.63) is 89.2 Å². The number of likely N-dealkylation sites (tertiary alicyclic amines) is 1. The Morgan fingerprint density at radius 3 is 2.75 bits per heavy atom. The van der Waals surface area contributed by atoms with E-state index in [1.54, 1.807) is 30.3 Å². The highest BCUT2D eigenvalue weighted by atomic mass is 32.1. The molecule has 2 aromatic heterocycles. The maximum atomic E-state index is 13.3. The molecule has 8 heteroatoms. The van der Waals surface area contributed by atoms with Gasteiger partial charge in [-0.1, -0.05) is 36.6 Å². The summed E-state index contributed by atoms with van der Waals surface area (Å²) in [4.78, 5) is 31.1. The van der Waals surface area contributed by atoms with Crippen LogP contribution in [0, 0.1) is 0 Å². The largest absolute Gasteiger partial charge is 0.872 e. The van der Waals surface area contributed by atoms with Gasteiger partial charge in [0, 0.05) is 23.4 Å². The maximum Gasteiger partial charge on any atom is 0.295 e. The quantitative estimate of drug-likeness (QED) is 0.178. The lowest BCUT2D eigenvalue weighted by molar-refractivity contribution is -0.695. The van der Waals surface area contributed by atoms with Gasteiger partial charge in [0.05, 0.1) is 12.6 Å². The average Bonchev–Trinajstić information content (AvgIpc) is 3.56. The van der Waals surface area contributed by atoms with Gasteiger partial charge >= 0.3 is 0 Å². The topological polar surface area (TPSA) is 89.3 Å². The summed E-state index contributed by atoms with van der Waals surface area (Å²) >= 11 is 1.43. The van der Waals surface area contributed by atoms with Crippen molar-refractivity contribution < 1.29 is 24.0 Å². The monoisotopic (exact) mass is 449 g/mol. The van der Waals surface area contributed by atoms with E-state index < -0.39 is 23.5 Å². The number of ketones is 1. The highest BCUT2D eigenvalue weighted by molar-refractivity contribution is 7.10. The van der Waals surface area contributed by atoms with E-state index in [4.69, 9.17) is 4.74 Å². The number of hydrogen-bond donors (Lipinski definition) is 1. The van der Waals surface area contributed by atoms with Gasteiger partial charge in [-0.3, -0.25) is 14.6 Å². The number of aryl methyl sites for hydroxylation is 1. The highest BCUT2D eigenvalue weighted by Gasteiger charge is 2.44. The second-order valence-electron chi connectivity index (χ2n) is 7.32. The summed E-state index contributed by atoms with van der Waals surface area (Å²) in [5.74, 6) is -1.19. The fourth-order valence-corrected chi connectivity index (χ4v) is 4.59. The van der Waals surface area contributed by atoms with Crippen LogP contribution in [0.2, 0.25) is 0 Å². The minimum atomic E-state index is -0.727. The SMILES string of the molecule is C=CCOc1ccc(/C([O-])=C2\C(=O)C(=O)N(CCC[n+]3cc[nH]c3)C2c2cccs2)cc1. The van der Waals surface area contributed by atoms with Crippen LogP contribution in [0.3, 0.4) is 0 Å². The number of ether oxygens (including phenoxy) is 1. The van der Waals surface area contributed by atoms with Gasteiger partial charge in [-0.25, -0.2) is 4.57 Å². The third kappa shape index (κ3) is 4.36. The summed E-state index contributed by atoms with van der Waals surface area (Å²) in [6.07, 6.45) is 7.83. The van der Waals surface area contributed by atoms with Crippen LogP contribution in [-0.4, -0.2) is 34.7 Å². The van der Waals surface area contributed by atoms with Crippen LogP contribution in [0.25, 0.3) is 5.76 Å². The average molecular weight is 450 g/mol. The number of imidazole rings is 1. The number of thiophene rings is 1. The van der Waals surface area contributed by atoms with Gasteiger partial charge in [0.1, 0.15) is 24.8 Å². The van der Waals surface area contributed by atoms with Crippen LogP contribution in [0.4, 0.5) is 0 Å². The number of Topliss-reactive ketones (excluding diaryl/α,β-unsaturated/α-hetero) is 1. The van der Waals surface area contributed by atoms with E-state index in [2.05, 4.69) is 11.6 Å². The summed E-state index contributed by atoms with van der Waals surface area (Å²) in [6.45, 7) is 5.02. The van der Waals surface area contributed by atoms with E-state index in [1.165, 1.54) is 16.2 Å². The number of amides is 1. The van der Waals surface area contributed by atoms with Crippen molar-refractivity contribution in [2.75, 3.05) is 13.2 Å². The molecule has 1 saturated heterocycles. The number of carbonyl (C=O) groups excluding carboxylic acids is 2. The van der Waals surface area contributed by atoms with E-state index in [9.17, 15) is 14.7 Å². The van der Waals surface area contributed by atoms with Crippen molar-refractivity contribution >= 4 is 28.8 Å². The Morgan fingerprint density at radius 1 is 1.28 bits per heavy atom. The predicted molar refractivity (Wildman–Crippen MR) is 118 cm³/mol. The first-order chi connectivity index (χ1) is 15.6. The molecule has 3 aromatic rings. The van der Waals surface area contributed by atoms with Gasteiger partial charge in [-0.2, -0.15) is 0 Å². The molecule has 1 aliphatic rings. The smallest absolute Gasteiger partial charge is 0.295 e. The van der Waals surface area contributed by atoms with E-state index in [-0.39, 0.29) is 5.57 Å². The van der Waals surface area contributed by atoms with Gasteiger partial charge in [0.2, 0.25) is 12.1 Å². The van der Waals surface area contributed by atoms with Crippen LogP contribution >= 0.6 is 11.3 Å². The van der Waals surface area contributed by atoms with Gasteiger partial charge in [0.25, 0.3) is 5.91 Å². The lowest BCUT2D eigenvalue weighted by atomic mass is 10.00. The molecule has 0 radical (unpaired) electrons. The molecule has 1 unspecified atom stereocenters. The molecule has 7 nitrogen and oxygen atoms in total. The summed E-state index contributed by atoms with van der Waals surface area (Å²) in [5.41, 5.74) is 0.352. The molecule has 1 aliphatic heterocycles. The first-order valence-electron chi connectivity index (χ1n) is 10.3. The second-order valence-corrected chi connectivity index (χ2v) is 8.29. The zero-order valence-electron chi connectivity index (χ0n) is 17.4. The van der Waals surface area contributed by atoms with Gasteiger partial charge in [-0.05, 0) is 29.1 Å². The van der Waals surface area contributed by atoms with E-state index in [1.807, 2.05) is 40.8 Å². The first-order valence-corrected chi connectivity index (χ1v) is 11.1. The minimum absolute atomic E-state index is 0.00603. The van der Waals surface area contributed by atoms with E-state index >= 15 is 0 Å². The van der Waals surface area contributed by atoms with Gasteiger partial charge in [-0.15, -0.1) is 11.3 Å². The Bertz CT molecular complexity index is 1120. The third-order valence-electron chi connectivity index (χ3n) is 5.24. The van der Waals surface area contributed by atoms with Crippen molar-refractivity contribution in [1.29, 1.82) is 0 Å². The molecule has 1 amide bonds. The number of hydrogen-bond acceptors (Lipinski definition) is 5. The third-order valence-corrected chi connectivity index (χ3v) is 6.17. The Labute approximate surface area is 189 Å². The van der Waals surface area contributed by atoms with Crippen molar-refractivity contribution in [2.24, 2.45) is 0 Å². The summed E-state index contributed by atoms with van der Waals surface area (Å²) < 4.78 is 7.42. The fraction of sp³-hybridized carbons (Fsp3) is 0.208. The van der Waals surface area contributed by atoms with Crippen molar-refractivity contribution in [2.45, 2.75) is 19.0 Å². The molecule has 3 heterocycles. The van der Waals surface area contributed by atoms with Crippen LogP contribution in [0.15, 0.2) is 78.7 Å². The first kappa shape index (κ1) is 21.6. The zero-order valence-corrected chi connectivity index (χ0v) is 18.2. The molecule has 164 valence electrons. The summed E-state index contributed by atoms with van der Waals surface area (Å²) in [6, 6.07) is 9.61. The molecule has 4 rings (SSSR count). The number of rotatable bonds is 9. The second kappa shape index (κ2) is 9.65. The van der Waals surface area contributed by atoms with Gasteiger partial charge in [0.15, 0.2) is 0 Å². The van der Waals surface area contributed by atoms with Crippen LogP contribution in [0.5, 0.6) is 5.75 Å². The molecule has 32 heavy (non-hydrogen) atoms. The Hall–Kier alpha value is -3.65. The molecule has 0 spiro atoms. The number of H-pyrrole nitrogens is 1. The van der Waals surface area contributed by atoms with Crippen molar-refractivity contribution in [3.8, 4) is 5.75 Å². The molecule has 1 aromatic carbocycles. The fourth-order valence-electron chi connectivity index (χ4n) is 3.74. The number of aromatic amines is 1. The molecule has 0 saturated carbocycles. The zero-order chi connectivity index (χ0) is 22.5. The lowest BCUT2D eigenvalue weighted by Gasteiger charge is -2.26. The van der Waals surface area contributed by atoms with Gasteiger partial charge < -0.3 is 14.7 Å². The molecule has 0 bridgehead atoms. The number of carbonyl (C=O) groups is 2. The molecule has 0 aliphatic carbocycles. The molecular formula is C24H23N3O4S. The van der Waals surface area contributed by atoms with Crippen LogP contribution in [0.1, 0.15) is 22.9 Å². The maximum absolute atomic E-state index is 13.3. The summed E-state index contributed by atoms with van der Waals surface area (Å²) in [7, 11) is 0. The van der Waals surface area contributed by atoms with Crippen LogP contribution < -0.4 is 14.4 Å². The highest BCUT2D eigenvalue weighted by Crippen LogP contribution is 2.40. The van der Waals surface area contributed by atoms with E-state index in [0.717, 1.165) is 4.88 Å². The number of benzene rings is 1. The molecular weight excluding hydrogens is 426 g/mol. The molecule has 1 N–H and O–H groups in total. The Morgan fingerprint density at radius 2 is 2.09 bits per heavy atom. The summed E-state index contributed by atoms with van der Waals surface area (Å²) in [5, 5.41) is 15.2.